The lowest BCUT2D eigenvalue weighted by Crippen LogP contribution is -2.24. The summed E-state index contributed by atoms with van der Waals surface area (Å²) < 4.78 is 16.3. The van der Waals surface area contributed by atoms with Gasteiger partial charge in [-0.1, -0.05) is 37.6 Å². The Kier molecular flexibility index (Phi) is 5.21. The average Bonchev–Trinajstić information content (AvgIpc) is 3.41. The molecule has 6 heteroatoms. The van der Waals surface area contributed by atoms with E-state index in [4.69, 9.17) is 19.2 Å². The highest BCUT2D eigenvalue weighted by Gasteiger charge is 2.47. The largest absolute Gasteiger partial charge is 0.497 e. The number of carbonyl (C=O) groups is 1. The van der Waals surface area contributed by atoms with Crippen molar-refractivity contribution in [3.8, 4) is 17.2 Å². The summed E-state index contributed by atoms with van der Waals surface area (Å²) in [6.45, 7) is 2.30. The van der Waals surface area contributed by atoms with Crippen LogP contribution in [0.25, 0.3) is 0 Å². The molecule has 0 fully saturated rings. The lowest BCUT2D eigenvalue weighted by atomic mass is 9.80. The van der Waals surface area contributed by atoms with Crippen molar-refractivity contribution in [1.82, 2.24) is 4.98 Å². The number of carboxylic acid groups (broad SMARTS) is 1. The standard InChI is InChI=1S/C26H25NO5/c1-3-4-17-8-11-19-22(16-7-12-20-21(13-16)32-14-31-20)24(26(28)29)23(25(19)27-17)15-5-9-18(30-2)10-6-15/h5-13,22-24H,3-4,14H2,1-2H3,(H,28,29)/t22-,23-,24+/m0/s1. The zero-order valence-corrected chi connectivity index (χ0v) is 18.1. The van der Waals surface area contributed by atoms with Gasteiger partial charge in [0.2, 0.25) is 6.79 Å². The van der Waals surface area contributed by atoms with Crippen molar-refractivity contribution in [2.75, 3.05) is 13.9 Å². The molecule has 164 valence electrons. The maximum absolute atomic E-state index is 12.7. The van der Waals surface area contributed by atoms with Crippen LogP contribution in [0.5, 0.6) is 17.2 Å². The van der Waals surface area contributed by atoms with Crippen molar-refractivity contribution in [1.29, 1.82) is 0 Å². The van der Waals surface area contributed by atoms with Gasteiger partial charge in [0.05, 0.1) is 18.7 Å². The Hall–Kier alpha value is -3.54. The van der Waals surface area contributed by atoms with E-state index < -0.39 is 11.9 Å². The van der Waals surface area contributed by atoms with E-state index in [0.717, 1.165) is 46.7 Å². The highest BCUT2D eigenvalue weighted by Crippen LogP contribution is 2.53. The summed E-state index contributed by atoms with van der Waals surface area (Å²) in [6.07, 6.45) is 1.84. The normalized spacial score (nSPS) is 20.8. The van der Waals surface area contributed by atoms with Gasteiger partial charge in [0.25, 0.3) is 0 Å². The molecule has 1 aliphatic carbocycles. The first-order valence-electron chi connectivity index (χ1n) is 10.9. The SMILES string of the molecule is CCCc1ccc2c(n1)[C@@H](c1ccc(OC)cc1)[C@H](C(=O)O)[C@H]2c1ccc2c(c1)OCO2. The molecule has 2 aromatic carbocycles. The van der Waals surface area contributed by atoms with Crippen molar-refractivity contribution in [2.45, 2.75) is 31.6 Å². The minimum absolute atomic E-state index is 0.179. The van der Waals surface area contributed by atoms with E-state index >= 15 is 0 Å². The van der Waals surface area contributed by atoms with Gasteiger partial charge >= 0.3 is 5.97 Å². The number of aliphatic carboxylic acids is 1. The summed E-state index contributed by atoms with van der Waals surface area (Å²) in [5.41, 5.74) is 4.60. The van der Waals surface area contributed by atoms with E-state index in [1.54, 1.807) is 7.11 Å². The Morgan fingerprint density at radius 1 is 1.03 bits per heavy atom. The smallest absolute Gasteiger partial charge is 0.308 e. The van der Waals surface area contributed by atoms with Crippen LogP contribution in [0.2, 0.25) is 0 Å². The third kappa shape index (κ3) is 3.36. The van der Waals surface area contributed by atoms with Crippen LogP contribution in [0.4, 0.5) is 0 Å². The molecular formula is C26H25NO5. The fourth-order valence-corrected chi connectivity index (χ4v) is 4.95. The second kappa shape index (κ2) is 8.19. The summed E-state index contributed by atoms with van der Waals surface area (Å²) in [4.78, 5) is 17.7. The third-order valence-corrected chi connectivity index (χ3v) is 6.38. The molecule has 2 heterocycles. The van der Waals surface area contributed by atoms with Crippen molar-refractivity contribution in [3.05, 3.63) is 82.7 Å². The quantitative estimate of drug-likeness (QED) is 0.607. The van der Waals surface area contributed by atoms with Gasteiger partial charge in [-0.2, -0.15) is 0 Å². The predicted octanol–water partition coefficient (Wildman–Crippen LogP) is 4.75. The molecule has 3 atom stereocenters. The van der Waals surface area contributed by atoms with Crippen LogP contribution in [0.3, 0.4) is 0 Å². The number of hydrogen-bond donors (Lipinski definition) is 1. The lowest BCUT2D eigenvalue weighted by Gasteiger charge is -2.22. The van der Waals surface area contributed by atoms with Gasteiger partial charge in [-0.05, 0) is 53.4 Å². The van der Waals surface area contributed by atoms with Crippen LogP contribution >= 0.6 is 0 Å². The van der Waals surface area contributed by atoms with Crippen molar-refractivity contribution < 1.29 is 24.1 Å². The van der Waals surface area contributed by atoms with Crippen LogP contribution in [0.15, 0.2) is 54.6 Å². The molecule has 5 rings (SSSR count). The molecule has 0 saturated carbocycles. The van der Waals surface area contributed by atoms with Crippen LogP contribution in [0.1, 0.15) is 53.3 Å². The Morgan fingerprint density at radius 2 is 1.78 bits per heavy atom. The summed E-state index contributed by atoms with van der Waals surface area (Å²) in [5, 5.41) is 10.4. The topological polar surface area (TPSA) is 77.9 Å². The van der Waals surface area contributed by atoms with Gasteiger partial charge in [-0.15, -0.1) is 0 Å². The molecule has 0 spiro atoms. The Labute approximate surface area is 186 Å². The van der Waals surface area contributed by atoms with E-state index in [9.17, 15) is 9.90 Å². The number of fused-ring (bicyclic) bond motifs is 2. The molecule has 0 amide bonds. The molecule has 0 radical (unpaired) electrons. The fraction of sp³-hybridized carbons (Fsp3) is 0.308. The van der Waals surface area contributed by atoms with Crippen molar-refractivity contribution in [3.63, 3.8) is 0 Å². The first kappa shape index (κ1) is 20.4. The summed E-state index contributed by atoms with van der Waals surface area (Å²) in [5.74, 6) is -0.169. The molecule has 32 heavy (non-hydrogen) atoms. The highest BCUT2D eigenvalue weighted by molar-refractivity contribution is 5.77. The molecule has 0 saturated heterocycles. The molecule has 3 aromatic rings. The van der Waals surface area contributed by atoms with E-state index in [1.165, 1.54) is 0 Å². The van der Waals surface area contributed by atoms with Crippen LogP contribution in [0, 0.1) is 5.92 Å². The van der Waals surface area contributed by atoms with Crippen molar-refractivity contribution in [2.24, 2.45) is 5.92 Å². The number of hydrogen-bond acceptors (Lipinski definition) is 5. The number of ether oxygens (including phenoxy) is 3. The number of aromatic nitrogens is 1. The Bertz CT molecular complexity index is 1160. The molecule has 1 aromatic heterocycles. The minimum atomic E-state index is -0.844. The maximum Gasteiger partial charge on any atom is 0.308 e. The minimum Gasteiger partial charge on any atom is -0.497 e. The lowest BCUT2D eigenvalue weighted by molar-refractivity contribution is -0.142. The predicted molar refractivity (Wildman–Crippen MR) is 119 cm³/mol. The number of pyridine rings is 1. The van der Waals surface area contributed by atoms with E-state index in [0.29, 0.717) is 11.5 Å². The molecular weight excluding hydrogens is 406 g/mol. The number of benzene rings is 2. The summed E-state index contributed by atoms with van der Waals surface area (Å²) >= 11 is 0. The zero-order chi connectivity index (χ0) is 22.2. The molecule has 0 bridgehead atoms. The molecule has 1 aliphatic heterocycles. The van der Waals surface area contributed by atoms with Gasteiger partial charge in [-0.25, -0.2) is 0 Å². The fourth-order valence-electron chi connectivity index (χ4n) is 4.95. The number of methoxy groups -OCH3 is 1. The second-order valence-electron chi connectivity index (χ2n) is 8.23. The number of nitrogens with zero attached hydrogens (tertiary/aromatic N) is 1. The monoisotopic (exact) mass is 431 g/mol. The molecule has 2 aliphatic rings. The summed E-state index contributed by atoms with van der Waals surface area (Å²) in [7, 11) is 1.62. The Morgan fingerprint density at radius 3 is 2.50 bits per heavy atom. The zero-order valence-electron chi connectivity index (χ0n) is 18.1. The maximum atomic E-state index is 12.7. The number of carboxylic acids is 1. The van der Waals surface area contributed by atoms with Crippen LogP contribution < -0.4 is 14.2 Å². The van der Waals surface area contributed by atoms with Gasteiger partial charge in [0.15, 0.2) is 11.5 Å². The third-order valence-electron chi connectivity index (χ3n) is 6.38. The summed E-state index contributed by atoms with van der Waals surface area (Å²) in [6, 6.07) is 17.4. The van der Waals surface area contributed by atoms with Gasteiger partial charge < -0.3 is 19.3 Å². The molecule has 1 N–H and O–H groups in total. The van der Waals surface area contributed by atoms with E-state index in [1.807, 2.05) is 48.5 Å². The van der Waals surface area contributed by atoms with Gasteiger partial charge in [-0.3, -0.25) is 9.78 Å². The van der Waals surface area contributed by atoms with Gasteiger partial charge in [0.1, 0.15) is 5.75 Å². The van der Waals surface area contributed by atoms with E-state index in [-0.39, 0.29) is 18.6 Å². The molecule has 0 unspecified atom stereocenters. The van der Waals surface area contributed by atoms with Gasteiger partial charge in [0, 0.05) is 17.5 Å². The second-order valence-corrected chi connectivity index (χ2v) is 8.23. The number of rotatable bonds is 6. The average molecular weight is 431 g/mol. The highest BCUT2D eigenvalue weighted by atomic mass is 16.7. The number of aryl methyl sites for hydroxylation is 1. The first-order valence-corrected chi connectivity index (χ1v) is 10.9. The van der Waals surface area contributed by atoms with Crippen LogP contribution in [-0.2, 0) is 11.2 Å². The Balaban J connectivity index is 1.68. The van der Waals surface area contributed by atoms with Crippen molar-refractivity contribution >= 4 is 5.97 Å². The first-order chi connectivity index (χ1) is 15.6. The van der Waals surface area contributed by atoms with E-state index in [2.05, 4.69) is 13.0 Å². The molecule has 6 nitrogen and oxygen atoms in total. The van der Waals surface area contributed by atoms with Crippen LogP contribution in [-0.4, -0.2) is 30.0 Å².